The third kappa shape index (κ3) is 18.7. The summed E-state index contributed by atoms with van der Waals surface area (Å²) >= 11 is 15.0. The van der Waals surface area contributed by atoms with Crippen LogP contribution in [0.15, 0.2) is 471 Å². The van der Waals surface area contributed by atoms with Crippen LogP contribution in [0.25, 0.3) is 226 Å². The molecule has 149 heavy (non-hydrogen) atoms. The normalized spacial score (nSPS) is 12.6. The van der Waals surface area contributed by atoms with Crippen molar-refractivity contribution >= 4 is 230 Å². The molecule has 28 aromatic rings. The van der Waals surface area contributed by atoms with Crippen molar-refractivity contribution in [2.24, 2.45) is 0 Å². The fourth-order valence-electron chi connectivity index (χ4n) is 19.9. The van der Waals surface area contributed by atoms with Crippen LogP contribution in [-0.4, -0.2) is 86.8 Å². The standard InChI is InChI=1S/C40H25N5.C27H25BN2O2.C21H13BrN2.C19H12ClN3.C16H11N.C5H3BrIN/c1-2-12-28(13-3-1)38-42-39(30-19-18-26-10-4-5-14-29(26)24-30)44-40(43-38)31-21-23-36(41-25-31)45-34-17-9-8-16-33(34)37-32-15-7-6-11-27(32)20-22-35(37)45;1-26(2)27(3,4)32-28(31-26)19-14-16-24(29-17-19)30-22-12-8-7-11-21(22)25-20-10-6-5-9-18(20)13-15-23(25)30;22-15-10-12-20(23-13-15)24-18-8-4-3-7-17(18)21-16-6-2-1-5-14(16)9-11-19(21)24;20-19-22-17(14-7-2-1-3-8-14)21-18(23-19)16-11-10-13-6-4-5-9-15(13)12-16;1-2-6-12-11(5-1)9-10-15-16(12)13-7-3-4-8-14(13)17-15;6-4-1-2-5(7)8-3-4/h1-25H;5-17H,1-4H3;1-13H;1-12H;1-10,17H;1-3H. The number of nitrogens with one attached hydrogen (secondary N) is 1. The summed E-state index contributed by atoms with van der Waals surface area (Å²) in [4.78, 5) is 49.8. The van der Waals surface area contributed by atoms with Crippen LogP contribution in [-0.2, 0) is 9.31 Å². The largest absolute Gasteiger partial charge is 0.496 e. The molecule has 1 saturated heterocycles. The Balaban J connectivity index is 0.000000101. The molecule has 1 N–H and O–H groups in total. The van der Waals surface area contributed by atoms with Gasteiger partial charge >= 0.3 is 7.12 Å². The maximum absolute atomic E-state index is 6.20. The summed E-state index contributed by atoms with van der Waals surface area (Å²) in [7, 11) is -0.413. The van der Waals surface area contributed by atoms with Crippen molar-refractivity contribution in [3.63, 3.8) is 0 Å². The predicted octanol–water partition coefficient (Wildman–Crippen LogP) is 33.3. The van der Waals surface area contributed by atoms with E-state index in [0.29, 0.717) is 29.1 Å². The molecule has 0 saturated carbocycles. The second-order valence-electron chi connectivity index (χ2n) is 37.5. The Kier molecular flexibility index (Phi) is 25.8. The van der Waals surface area contributed by atoms with E-state index in [1.54, 1.807) is 6.20 Å². The van der Waals surface area contributed by atoms with Crippen LogP contribution in [0, 0.1) is 3.70 Å². The second-order valence-corrected chi connectivity index (χ2v) is 40.7. The van der Waals surface area contributed by atoms with Gasteiger partial charge in [0.1, 0.15) is 21.2 Å². The lowest BCUT2D eigenvalue weighted by Crippen LogP contribution is -2.41. The van der Waals surface area contributed by atoms with Gasteiger partial charge in [-0.25, -0.2) is 39.9 Å². The van der Waals surface area contributed by atoms with Gasteiger partial charge in [-0.05, 0) is 262 Å². The fraction of sp³-hybridized carbons (Fsp3) is 0.0469. The minimum atomic E-state index is -0.413. The topological polar surface area (TPSA) is 178 Å². The van der Waals surface area contributed by atoms with E-state index in [1.807, 2.05) is 128 Å². The zero-order chi connectivity index (χ0) is 101. The van der Waals surface area contributed by atoms with E-state index in [2.05, 4.69) is 453 Å². The summed E-state index contributed by atoms with van der Waals surface area (Å²) in [6, 6.07) is 151. The molecule has 714 valence electrons. The highest BCUT2D eigenvalue weighted by molar-refractivity contribution is 14.1. The van der Waals surface area contributed by atoms with Crippen molar-refractivity contribution in [1.82, 2.24) is 68.5 Å². The summed E-state index contributed by atoms with van der Waals surface area (Å²) in [5, 5.41) is 25.1. The lowest BCUT2D eigenvalue weighted by molar-refractivity contribution is 0.00578. The van der Waals surface area contributed by atoms with Gasteiger partial charge in [-0.3, -0.25) is 13.7 Å². The molecule has 1 aliphatic rings. The van der Waals surface area contributed by atoms with Crippen LogP contribution in [0.5, 0.6) is 0 Å². The zero-order valence-corrected chi connectivity index (χ0v) is 87.2. The zero-order valence-electron chi connectivity index (χ0n) is 81.1. The third-order valence-electron chi connectivity index (χ3n) is 27.8. The maximum atomic E-state index is 6.20. The van der Waals surface area contributed by atoms with Crippen molar-refractivity contribution in [1.29, 1.82) is 0 Å². The van der Waals surface area contributed by atoms with Crippen molar-refractivity contribution < 1.29 is 9.31 Å². The smallest absolute Gasteiger partial charge is 0.399 e. The fourth-order valence-corrected chi connectivity index (χ4v) is 20.9. The lowest BCUT2D eigenvalue weighted by atomic mass is 9.80. The minimum absolute atomic E-state index is 0.196. The summed E-state index contributed by atoms with van der Waals surface area (Å²) in [5.74, 6) is 5.64. The predicted molar refractivity (Wildman–Crippen MR) is 630 cm³/mol. The number of aromatic amines is 1. The molecule has 0 aliphatic carbocycles. The average molecular weight is 2190 g/mol. The minimum Gasteiger partial charge on any atom is -0.399 e. The van der Waals surface area contributed by atoms with Crippen LogP contribution in [0.1, 0.15) is 27.7 Å². The molecule has 21 heteroatoms. The number of nitrogens with zero attached hydrogens (tertiary/aromatic N) is 13. The molecule has 0 unspecified atom stereocenters. The van der Waals surface area contributed by atoms with Gasteiger partial charge < -0.3 is 14.3 Å². The molecule has 0 amide bonds. The van der Waals surface area contributed by atoms with Gasteiger partial charge in [0.15, 0.2) is 29.1 Å². The summed E-state index contributed by atoms with van der Waals surface area (Å²) in [5.41, 5.74) is 14.1. The molecular weight excluding hydrogens is 2100 g/mol. The Labute approximate surface area is 893 Å². The Bertz CT molecular complexity index is 9910. The molecule has 11 heterocycles. The number of halogens is 4. The number of H-pyrrole nitrogens is 1. The number of rotatable bonds is 9. The maximum Gasteiger partial charge on any atom is 0.496 e. The molecule has 0 spiro atoms. The summed E-state index contributed by atoms with van der Waals surface area (Å²) in [6.07, 6.45) is 7.36. The van der Waals surface area contributed by atoms with E-state index in [0.717, 1.165) is 96.2 Å². The molecular formula is C128H89BBr2ClIN14O2. The molecule has 0 bridgehead atoms. The Hall–Kier alpha value is -16.7. The third-order valence-corrected chi connectivity index (χ3v) is 29.5. The molecule has 0 atom stereocenters. The molecule has 10 aromatic heterocycles. The van der Waals surface area contributed by atoms with Crippen molar-refractivity contribution in [2.45, 2.75) is 38.9 Å². The number of para-hydroxylation sites is 4. The van der Waals surface area contributed by atoms with Crippen molar-refractivity contribution in [3.8, 4) is 74.4 Å². The van der Waals surface area contributed by atoms with Gasteiger partial charge in [-0.1, -0.05) is 334 Å². The monoisotopic (exact) mass is 2180 g/mol. The Morgan fingerprint density at radius 2 is 0.591 bits per heavy atom. The van der Waals surface area contributed by atoms with E-state index in [9.17, 15) is 0 Å². The van der Waals surface area contributed by atoms with E-state index >= 15 is 0 Å². The first-order valence-corrected chi connectivity index (χ1v) is 52.1. The molecule has 0 radical (unpaired) electrons. The van der Waals surface area contributed by atoms with Gasteiger partial charge in [-0.2, -0.15) is 9.97 Å². The van der Waals surface area contributed by atoms with E-state index in [4.69, 9.17) is 45.8 Å². The van der Waals surface area contributed by atoms with Crippen molar-refractivity contribution in [3.05, 3.63) is 479 Å². The highest BCUT2D eigenvalue weighted by Gasteiger charge is 2.52. The SMILES string of the molecule is Brc1ccc(-n2c3ccccc3c3c4ccccc4ccc32)nc1.Brc1ccc(I)nc1.CC1(C)OB(c2ccc(-n3c4ccccc4c4c5ccccc5ccc43)nc2)OC1(C)C.Clc1nc(-c2ccccc2)nc(-c2ccc3ccccc3c2)n1.c1ccc(-c2nc(-c3ccc(-n4c5ccccc5c5c6ccccc6ccc54)nc3)nc(-c3ccc4ccccc4c3)n2)cc1.c1ccc2c(c1)ccc1[nH]c3ccccc3c12. The van der Waals surface area contributed by atoms with E-state index < -0.39 is 7.12 Å². The van der Waals surface area contributed by atoms with Crippen LogP contribution in [0.2, 0.25) is 5.28 Å². The number of aromatic nitrogens is 14. The first kappa shape index (κ1) is 94.6. The van der Waals surface area contributed by atoms with Gasteiger partial charge in [0.2, 0.25) is 5.28 Å². The van der Waals surface area contributed by atoms with E-state index in [-0.39, 0.29) is 16.5 Å². The van der Waals surface area contributed by atoms with Crippen LogP contribution < -0.4 is 5.46 Å². The summed E-state index contributed by atoms with van der Waals surface area (Å²) < 4.78 is 22.2. The average Bonchev–Trinajstić information content (AvgIpc) is 1.58. The molecule has 1 fully saturated rings. The molecule has 29 rings (SSSR count). The van der Waals surface area contributed by atoms with Crippen LogP contribution in [0.4, 0.5) is 0 Å². The highest BCUT2D eigenvalue weighted by atomic mass is 127. The summed E-state index contributed by atoms with van der Waals surface area (Å²) in [6.45, 7) is 8.27. The quantitative estimate of drug-likeness (QED) is 0.0823. The van der Waals surface area contributed by atoms with Gasteiger partial charge in [0.25, 0.3) is 0 Å². The van der Waals surface area contributed by atoms with Crippen LogP contribution in [0.3, 0.4) is 0 Å². The Morgan fingerprint density at radius 3 is 1.01 bits per heavy atom. The first-order valence-electron chi connectivity index (χ1n) is 49.1. The van der Waals surface area contributed by atoms with Gasteiger partial charge in [0, 0.05) is 121 Å². The number of benzene rings is 18. The highest BCUT2D eigenvalue weighted by Crippen LogP contribution is 2.44. The van der Waals surface area contributed by atoms with Gasteiger partial charge in [0.05, 0.1) is 44.3 Å². The lowest BCUT2D eigenvalue weighted by Gasteiger charge is -2.32. The number of pyridine rings is 4. The van der Waals surface area contributed by atoms with Crippen LogP contribution >= 0.6 is 66.1 Å². The van der Waals surface area contributed by atoms with E-state index in [1.165, 1.54) is 119 Å². The number of fused-ring (bicyclic) bond motifs is 22. The Morgan fingerprint density at radius 1 is 0.262 bits per heavy atom. The second kappa shape index (κ2) is 40.6. The van der Waals surface area contributed by atoms with Gasteiger partial charge in [-0.15, -0.1) is 0 Å². The molecule has 16 nitrogen and oxygen atoms in total. The van der Waals surface area contributed by atoms with Crippen molar-refractivity contribution in [2.75, 3.05) is 0 Å². The molecule has 1 aliphatic heterocycles. The molecule has 18 aromatic carbocycles. The number of hydrogen-bond donors (Lipinski definition) is 1. The first-order chi connectivity index (χ1) is 73.0. The number of hydrogen-bond acceptors (Lipinski definition) is 12.